The second kappa shape index (κ2) is 20.0. The molecule has 2 heteroatoms. The van der Waals surface area contributed by atoms with Crippen LogP contribution in [-0.2, 0) is 0 Å². The Balaban J connectivity index is 3.07. The quantitative estimate of drug-likeness (QED) is 0.276. The SMILES string of the molecule is CCCCCC[C@@H](O)CCCCCCCCCCCNCCC. The minimum Gasteiger partial charge on any atom is -0.393 e. The van der Waals surface area contributed by atoms with Gasteiger partial charge in [-0.15, -0.1) is 0 Å². The van der Waals surface area contributed by atoms with Gasteiger partial charge in [-0.05, 0) is 38.8 Å². The average Bonchev–Trinajstić information content (AvgIpc) is 2.56. The zero-order valence-electron chi connectivity index (χ0n) is 16.3. The summed E-state index contributed by atoms with van der Waals surface area (Å²) in [5, 5.41) is 13.4. The Labute approximate surface area is 146 Å². The lowest BCUT2D eigenvalue weighted by Gasteiger charge is -2.10. The Morgan fingerprint density at radius 2 is 1.04 bits per heavy atom. The molecule has 0 fully saturated rings. The minimum atomic E-state index is -0.0341. The first-order valence-corrected chi connectivity index (χ1v) is 10.7. The standard InChI is InChI=1S/C21H45NO/c1-3-5-6-14-17-21(23)18-15-12-10-8-7-9-11-13-16-20-22-19-4-2/h21-23H,3-20H2,1-2H3/t21-/m1/s1. The van der Waals surface area contributed by atoms with Crippen molar-refractivity contribution in [3.63, 3.8) is 0 Å². The summed E-state index contributed by atoms with van der Waals surface area (Å²) < 4.78 is 0. The van der Waals surface area contributed by atoms with E-state index in [0.717, 1.165) is 12.8 Å². The van der Waals surface area contributed by atoms with Gasteiger partial charge in [0.05, 0.1) is 6.10 Å². The molecule has 1 atom stereocenters. The molecule has 0 saturated heterocycles. The van der Waals surface area contributed by atoms with Crippen molar-refractivity contribution >= 4 is 0 Å². The molecule has 0 aromatic heterocycles. The summed E-state index contributed by atoms with van der Waals surface area (Å²) >= 11 is 0. The summed E-state index contributed by atoms with van der Waals surface area (Å²) in [6.45, 7) is 6.84. The van der Waals surface area contributed by atoms with Gasteiger partial charge in [-0.3, -0.25) is 0 Å². The summed E-state index contributed by atoms with van der Waals surface area (Å²) in [6.07, 6.45) is 20.6. The second-order valence-corrected chi connectivity index (χ2v) is 7.22. The third kappa shape index (κ3) is 19.9. The normalized spacial score (nSPS) is 12.7. The first kappa shape index (κ1) is 22.9. The summed E-state index contributed by atoms with van der Waals surface area (Å²) in [6, 6.07) is 0. The van der Waals surface area contributed by atoms with Crippen molar-refractivity contribution < 1.29 is 5.11 Å². The Hall–Kier alpha value is -0.0800. The minimum absolute atomic E-state index is 0.0341. The molecule has 0 aliphatic carbocycles. The van der Waals surface area contributed by atoms with Crippen LogP contribution in [0.15, 0.2) is 0 Å². The second-order valence-electron chi connectivity index (χ2n) is 7.22. The maximum atomic E-state index is 9.92. The van der Waals surface area contributed by atoms with Crippen LogP contribution in [0.2, 0.25) is 0 Å². The Morgan fingerprint density at radius 1 is 0.565 bits per heavy atom. The molecule has 0 radical (unpaired) electrons. The predicted octanol–water partition coefficient (Wildman–Crippen LogP) is 6.22. The smallest absolute Gasteiger partial charge is 0.0540 e. The molecule has 0 unspecified atom stereocenters. The van der Waals surface area contributed by atoms with Crippen LogP contribution in [-0.4, -0.2) is 24.3 Å². The lowest BCUT2D eigenvalue weighted by Crippen LogP contribution is -2.15. The lowest BCUT2D eigenvalue weighted by atomic mass is 10.0. The molecule has 0 amide bonds. The van der Waals surface area contributed by atoms with Gasteiger partial charge in [-0.2, -0.15) is 0 Å². The highest BCUT2D eigenvalue weighted by Gasteiger charge is 2.03. The van der Waals surface area contributed by atoms with Crippen molar-refractivity contribution in [3.8, 4) is 0 Å². The molecule has 0 heterocycles. The highest BCUT2D eigenvalue weighted by atomic mass is 16.3. The van der Waals surface area contributed by atoms with E-state index in [0.29, 0.717) is 0 Å². The number of unbranched alkanes of at least 4 members (excludes halogenated alkanes) is 11. The fourth-order valence-corrected chi connectivity index (χ4v) is 3.12. The topological polar surface area (TPSA) is 32.3 Å². The van der Waals surface area contributed by atoms with E-state index >= 15 is 0 Å². The summed E-state index contributed by atoms with van der Waals surface area (Å²) in [5.74, 6) is 0. The van der Waals surface area contributed by atoms with Gasteiger partial charge in [-0.1, -0.05) is 90.9 Å². The zero-order valence-corrected chi connectivity index (χ0v) is 16.3. The van der Waals surface area contributed by atoms with Gasteiger partial charge in [-0.25, -0.2) is 0 Å². The van der Waals surface area contributed by atoms with Crippen molar-refractivity contribution in [2.45, 2.75) is 123 Å². The van der Waals surface area contributed by atoms with Crippen LogP contribution in [0, 0.1) is 0 Å². The predicted molar refractivity (Wildman–Crippen MR) is 104 cm³/mol. The van der Waals surface area contributed by atoms with Crippen LogP contribution in [0.1, 0.15) is 117 Å². The van der Waals surface area contributed by atoms with Crippen LogP contribution < -0.4 is 5.32 Å². The van der Waals surface area contributed by atoms with Crippen molar-refractivity contribution in [2.75, 3.05) is 13.1 Å². The first-order valence-electron chi connectivity index (χ1n) is 10.7. The Kier molecular flexibility index (Phi) is 19.9. The largest absolute Gasteiger partial charge is 0.393 e. The van der Waals surface area contributed by atoms with Crippen LogP contribution in [0.3, 0.4) is 0 Å². The molecule has 2 nitrogen and oxygen atoms in total. The molecule has 0 rings (SSSR count). The van der Waals surface area contributed by atoms with Gasteiger partial charge in [0.2, 0.25) is 0 Å². The number of aliphatic hydroxyl groups excluding tert-OH is 1. The molecule has 0 saturated carbocycles. The molecule has 0 aromatic rings. The molecule has 0 aromatic carbocycles. The van der Waals surface area contributed by atoms with Gasteiger partial charge in [0, 0.05) is 0 Å². The molecule has 0 bridgehead atoms. The van der Waals surface area contributed by atoms with E-state index in [1.54, 1.807) is 0 Å². The Bertz CT molecular complexity index is 208. The molecular formula is C21H45NO. The van der Waals surface area contributed by atoms with E-state index in [4.69, 9.17) is 0 Å². The van der Waals surface area contributed by atoms with E-state index in [1.807, 2.05) is 0 Å². The summed E-state index contributed by atoms with van der Waals surface area (Å²) in [4.78, 5) is 0. The molecule has 0 aliphatic rings. The fourth-order valence-electron chi connectivity index (χ4n) is 3.12. The van der Waals surface area contributed by atoms with Crippen molar-refractivity contribution in [1.82, 2.24) is 5.32 Å². The molecule has 23 heavy (non-hydrogen) atoms. The van der Waals surface area contributed by atoms with Gasteiger partial charge in [0.15, 0.2) is 0 Å². The van der Waals surface area contributed by atoms with Crippen LogP contribution in [0.5, 0.6) is 0 Å². The van der Waals surface area contributed by atoms with E-state index < -0.39 is 0 Å². The zero-order chi connectivity index (χ0) is 17.0. The van der Waals surface area contributed by atoms with Crippen molar-refractivity contribution in [1.29, 1.82) is 0 Å². The maximum Gasteiger partial charge on any atom is 0.0540 e. The van der Waals surface area contributed by atoms with Crippen LogP contribution >= 0.6 is 0 Å². The highest BCUT2D eigenvalue weighted by Crippen LogP contribution is 2.14. The lowest BCUT2D eigenvalue weighted by molar-refractivity contribution is 0.147. The van der Waals surface area contributed by atoms with Gasteiger partial charge in [0.25, 0.3) is 0 Å². The fraction of sp³-hybridized carbons (Fsp3) is 1.00. The van der Waals surface area contributed by atoms with Crippen LogP contribution in [0.4, 0.5) is 0 Å². The van der Waals surface area contributed by atoms with Crippen LogP contribution in [0.25, 0.3) is 0 Å². The molecule has 2 N–H and O–H groups in total. The molecular weight excluding hydrogens is 282 g/mol. The van der Waals surface area contributed by atoms with Gasteiger partial charge < -0.3 is 10.4 Å². The van der Waals surface area contributed by atoms with E-state index in [1.165, 1.54) is 103 Å². The van der Waals surface area contributed by atoms with E-state index in [2.05, 4.69) is 19.2 Å². The number of hydrogen-bond acceptors (Lipinski definition) is 2. The number of aliphatic hydroxyl groups is 1. The monoisotopic (exact) mass is 327 g/mol. The number of nitrogens with one attached hydrogen (secondary N) is 1. The average molecular weight is 328 g/mol. The third-order valence-corrected chi connectivity index (χ3v) is 4.71. The summed E-state index contributed by atoms with van der Waals surface area (Å²) in [7, 11) is 0. The van der Waals surface area contributed by atoms with Crippen molar-refractivity contribution in [2.24, 2.45) is 0 Å². The van der Waals surface area contributed by atoms with E-state index in [-0.39, 0.29) is 6.10 Å². The molecule has 0 spiro atoms. The maximum absolute atomic E-state index is 9.92. The number of rotatable bonds is 19. The summed E-state index contributed by atoms with van der Waals surface area (Å²) in [5.41, 5.74) is 0. The van der Waals surface area contributed by atoms with Crippen molar-refractivity contribution in [3.05, 3.63) is 0 Å². The number of hydrogen-bond donors (Lipinski definition) is 2. The van der Waals surface area contributed by atoms with Gasteiger partial charge in [0.1, 0.15) is 0 Å². The van der Waals surface area contributed by atoms with Gasteiger partial charge >= 0.3 is 0 Å². The molecule has 140 valence electrons. The first-order chi connectivity index (χ1) is 11.3. The third-order valence-electron chi connectivity index (χ3n) is 4.71. The highest BCUT2D eigenvalue weighted by molar-refractivity contribution is 4.57. The Morgan fingerprint density at radius 3 is 1.57 bits per heavy atom. The van der Waals surface area contributed by atoms with E-state index in [9.17, 15) is 5.11 Å². The molecule has 0 aliphatic heterocycles.